The SMILES string of the molecule is C[C@H](NC(=O)[C@H]1C=C(Cc2ccnc(N)c2)CN1)C(=O)NCc1ccc(C(=N)N)cc1. The second-order valence-corrected chi connectivity index (χ2v) is 7.51. The van der Waals surface area contributed by atoms with Crippen LogP contribution < -0.4 is 27.4 Å². The molecule has 0 saturated heterocycles. The number of aromatic nitrogens is 1. The molecule has 2 atom stereocenters. The van der Waals surface area contributed by atoms with Crippen molar-refractivity contribution < 1.29 is 9.59 Å². The Hall–Kier alpha value is -3.72. The van der Waals surface area contributed by atoms with Gasteiger partial charge in [0.25, 0.3) is 0 Å². The topological polar surface area (TPSA) is 159 Å². The van der Waals surface area contributed by atoms with Crippen molar-refractivity contribution in [1.29, 1.82) is 5.41 Å². The summed E-state index contributed by atoms with van der Waals surface area (Å²) >= 11 is 0. The third kappa shape index (κ3) is 6.13. The van der Waals surface area contributed by atoms with E-state index in [4.69, 9.17) is 16.9 Å². The van der Waals surface area contributed by atoms with Gasteiger partial charge in [0.15, 0.2) is 0 Å². The highest BCUT2D eigenvalue weighted by Crippen LogP contribution is 2.14. The maximum absolute atomic E-state index is 12.5. The van der Waals surface area contributed by atoms with Crippen LogP contribution in [-0.2, 0) is 22.6 Å². The highest BCUT2D eigenvalue weighted by molar-refractivity contribution is 5.95. The highest BCUT2D eigenvalue weighted by Gasteiger charge is 2.25. The summed E-state index contributed by atoms with van der Waals surface area (Å²) in [6.45, 7) is 2.56. The first-order chi connectivity index (χ1) is 14.8. The molecule has 0 saturated carbocycles. The monoisotopic (exact) mass is 421 g/mol. The van der Waals surface area contributed by atoms with Crippen molar-refractivity contribution in [1.82, 2.24) is 20.9 Å². The summed E-state index contributed by atoms with van der Waals surface area (Å²) in [6, 6.07) is 9.60. The van der Waals surface area contributed by atoms with Crippen molar-refractivity contribution >= 4 is 23.5 Å². The predicted molar refractivity (Wildman–Crippen MR) is 119 cm³/mol. The first-order valence-electron chi connectivity index (χ1n) is 9.96. The van der Waals surface area contributed by atoms with Crippen LogP contribution >= 0.6 is 0 Å². The Balaban J connectivity index is 1.47. The van der Waals surface area contributed by atoms with Crippen molar-refractivity contribution in [2.45, 2.75) is 32.0 Å². The first kappa shape index (κ1) is 22.0. The van der Waals surface area contributed by atoms with E-state index in [9.17, 15) is 9.59 Å². The van der Waals surface area contributed by atoms with Gasteiger partial charge in [-0.15, -0.1) is 0 Å². The number of carbonyl (C=O) groups excluding carboxylic acids is 2. The Morgan fingerprint density at radius 3 is 2.68 bits per heavy atom. The number of amides is 2. The maximum atomic E-state index is 12.5. The van der Waals surface area contributed by atoms with Crippen molar-refractivity contribution in [2.24, 2.45) is 5.73 Å². The minimum Gasteiger partial charge on any atom is -0.384 e. The molecule has 0 fully saturated rings. The summed E-state index contributed by atoms with van der Waals surface area (Å²) < 4.78 is 0. The Bertz CT molecular complexity index is 1000. The van der Waals surface area contributed by atoms with E-state index in [0.29, 0.717) is 30.9 Å². The van der Waals surface area contributed by atoms with Gasteiger partial charge >= 0.3 is 0 Å². The second-order valence-electron chi connectivity index (χ2n) is 7.51. The van der Waals surface area contributed by atoms with Crippen molar-refractivity contribution in [3.63, 3.8) is 0 Å². The van der Waals surface area contributed by atoms with Crippen LogP contribution in [0, 0.1) is 5.41 Å². The van der Waals surface area contributed by atoms with Gasteiger partial charge in [0.2, 0.25) is 11.8 Å². The van der Waals surface area contributed by atoms with Gasteiger partial charge in [-0.05, 0) is 36.6 Å². The Morgan fingerprint density at radius 1 is 1.26 bits per heavy atom. The molecule has 2 aromatic rings. The third-order valence-corrected chi connectivity index (χ3v) is 4.99. The lowest BCUT2D eigenvalue weighted by Crippen LogP contribution is -2.49. The van der Waals surface area contributed by atoms with Crippen molar-refractivity contribution in [3.8, 4) is 0 Å². The molecule has 1 aliphatic heterocycles. The number of pyridine rings is 1. The smallest absolute Gasteiger partial charge is 0.242 e. The molecule has 0 bridgehead atoms. The van der Waals surface area contributed by atoms with Crippen LogP contribution in [0.2, 0.25) is 0 Å². The van der Waals surface area contributed by atoms with E-state index in [1.807, 2.05) is 18.2 Å². The molecular formula is C22H27N7O2. The van der Waals surface area contributed by atoms with Gasteiger partial charge in [0.05, 0.1) is 0 Å². The summed E-state index contributed by atoms with van der Waals surface area (Å²) in [6.07, 6.45) is 4.23. The van der Waals surface area contributed by atoms with Gasteiger partial charge in [-0.25, -0.2) is 4.98 Å². The molecule has 8 N–H and O–H groups in total. The minimum absolute atomic E-state index is 0.00504. The average Bonchev–Trinajstić information content (AvgIpc) is 3.20. The number of anilines is 1. The molecule has 9 heteroatoms. The van der Waals surface area contributed by atoms with E-state index in [0.717, 1.165) is 16.7 Å². The lowest BCUT2D eigenvalue weighted by atomic mass is 10.1. The molecule has 3 rings (SSSR count). The number of nitrogens with two attached hydrogens (primary N) is 2. The van der Waals surface area contributed by atoms with E-state index >= 15 is 0 Å². The molecule has 2 amide bonds. The van der Waals surface area contributed by atoms with Crippen LogP contribution in [0.15, 0.2) is 54.2 Å². The van der Waals surface area contributed by atoms with E-state index in [2.05, 4.69) is 20.9 Å². The average molecular weight is 422 g/mol. The standard InChI is InChI=1S/C22H27N7O2/c1-13(21(30)28-11-14-2-4-17(5-3-14)20(24)25)29-22(31)18-9-16(12-27-18)8-15-6-7-26-19(23)10-15/h2-7,9-10,13,18,27H,8,11-12H2,1H3,(H2,23,26)(H3,24,25)(H,28,30)(H,29,31)/t13-,18+/m0/s1. The maximum Gasteiger partial charge on any atom is 0.242 e. The van der Waals surface area contributed by atoms with Crippen molar-refractivity contribution in [3.05, 3.63) is 70.9 Å². The molecule has 0 aliphatic carbocycles. The van der Waals surface area contributed by atoms with E-state index in [-0.39, 0.29) is 17.6 Å². The Morgan fingerprint density at radius 2 is 2.00 bits per heavy atom. The van der Waals surface area contributed by atoms with Gasteiger partial charge in [0.1, 0.15) is 23.7 Å². The van der Waals surface area contributed by atoms with E-state index in [1.165, 1.54) is 0 Å². The summed E-state index contributed by atoms with van der Waals surface area (Å²) in [7, 11) is 0. The number of rotatable bonds is 8. The zero-order valence-electron chi connectivity index (χ0n) is 17.3. The molecule has 0 radical (unpaired) electrons. The largest absolute Gasteiger partial charge is 0.384 e. The van der Waals surface area contributed by atoms with Gasteiger partial charge in [0, 0.05) is 24.8 Å². The van der Waals surface area contributed by atoms with Gasteiger partial charge in [-0.2, -0.15) is 0 Å². The number of hydrogen-bond donors (Lipinski definition) is 6. The number of benzene rings is 1. The number of nitrogens with one attached hydrogen (secondary N) is 4. The summed E-state index contributed by atoms with van der Waals surface area (Å²) in [4.78, 5) is 28.9. The Labute approximate surface area is 180 Å². The zero-order valence-corrected chi connectivity index (χ0v) is 17.3. The van der Waals surface area contributed by atoms with Crippen LogP contribution in [0.25, 0.3) is 0 Å². The molecule has 9 nitrogen and oxygen atoms in total. The lowest BCUT2D eigenvalue weighted by Gasteiger charge is -2.16. The summed E-state index contributed by atoms with van der Waals surface area (Å²) in [5.74, 6) is -0.0707. The normalized spacial score (nSPS) is 16.3. The molecule has 1 aromatic heterocycles. The molecule has 1 aromatic carbocycles. The van der Waals surface area contributed by atoms with Gasteiger partial charge in [-0.3, -0.25) is 20.3 Å². The molecule has 31 heavy (non-hydrogen) atoms. The second kappa shape index (κ2) is 9.86. The summed E-state index contributed by atoms with van der Waals surface area (Å²) in [5.41, 5.74) is 14.8. The number of amidine groups is 1. The molecule has 2 heterocycles. The summed E-state index contributed by atoms with van der Waals surface area (Å²) in [5, 5.41) is 16.1. The van der Waals surface area contributed by atoms with Crippen LogP contribution in [0.4, 0.5) is 5.82 Å². The van der Waals surface area contributed by atoms with Crippen LogP contribution in [0.3, 0.4) is 0 Å². The predicted octanol–water partition coefficient (Wildman–Crippen LogP) is 0.210. The van der Waals surface area contributed by atoms with Gasteiger partial charge in [-0.1, -0.05) is 35.9 Å². The van der Waals surface area contributed by atoms with Crippen LogP contribution in [-0.4, -0.2) is 41.3 Å². The first-order valence-corrected chi connectivity index (χ1v) is 9.96. The highest BCUT2D eigenvalue weighted by atomic mass is 16.2. The zero-order chi connectivity index (χ0) is 22.4. The fraction of sp³-hybridized carbons (Fsp3) is 0.273. The molecule has 162 valence electrons. The number of nitrogen functional groups attached to an aromatic ring is 2. The molecule has 0 unspecified atom stereocenters. The van der Waals surface area contributed by atoms with Crippen molar-refractivity contribution in [2.75, 3.05) is 12.3 Å². The molecule has 1 aliphatic rings. The third-order valence-electron chi connectivity index (χ3n) is 4.99. The van der Waals surface area contributed by atoms with E-state index in [1.54, 1.807) is 37.4 Å². The quantitative estimate of drug-likeness (QED) is 0.203. The molecule has 0 spiro atoms. The lowest BCUT2D eigenvalue weighted by molar-refractivity contribution is -0.129. The molecular weight excluding hydrogens is 394 g/mol. The fourth-order valence-corrected chi connectivity index (χ4v) is 3.26. The minimum atomic E-state index is -0.678. The van der Waals surface area contributed by atoms with Crippen LogP contribution in [0.1, 0.15) is 23.6 Å². The number of carbonyl (C=O) groups is 2. The van der Waals surface area contributed by atoms with E-state index < -0.39 is 12.1 Å². The van der Waals surface area contributed by atoms with Crippen LogP contribution in [0.5, 0.6) is 0 Å². The number of nitrogens with zero attached hydrogens (tertiary/aromatic N) is 1. The number of hydrogen-bond acceptors (Lipinski definition) is 6. The fourth-order valence-electron chi connectivity index (χ4n) is 3.26. The van der Waals surface area contributed by atoms with Gasteiger partial charge < -0.3 is 22.1 Å². The Kier molecular flexibility index (Phi) is 6.99.